The highest BCUT2D eigenvalue weighted by molar-refractivity contribution is 5.91. The summed E-state index contributed by atoms with van der Waals surface area (Å²) in [7, 11) is 0. The molecule has 0 N–H and O–H groups in total. The van der Waals surface area contributed by atoms with Gasteiger partial charge in [-0.25, -0.2) is 0 Å². The van der Waals surface area contributed by atoms with E-state index in [-0.39, 0.29) is 11.2 Å². The number of carbonyl (C=O) groups excluding carboxylic acids is 1. The molecule has 0 aromatic rings. The van der Waals surface area contributed by atoms with Gasteiger partial charge in [0.1, 0.15) is 0 Å². The van der Waals surface area contributed by atoms with E-state index in [0.717, 1.165) is 50.0 Å². The Morgan fingerprint density at radius 2 is 1.83 bits per heavy atom. The number of hydrogen-bond acceptors (Lipinski definition) is 3. The van der Waals surface area contributed by atoms with Gasteiger partial charge in [-0.05, 0) is 91.4 Å². The van der Waals surface area contributed by atoms with E-state index in [4.69, 9.17) is 9.47 Å². The number of rotatable bonds is 0. The number of ketones is 1. The standard InChI is InChI=1S/C27H40O3/c1-16-7-12-27(29-15-16)17(2)24-23(30-27)14-22-20-6-5-18-13-19(28)8-10-25(18,3)21(20)9-11-26(22,24)4/h13,16-17,20-24H,5-12,14-15H2,1-4H3/t16-,17+,20-,21+,22+,23+,24+,25+,26+,27-/m1/s1. The lowest BCUT2D eigenvalue weighted by atomic mass is 9.46. The zero-order valence-corrected chi connectivity index (χ0v) is 19.4. The molecular formula is C27H40O3. The van der Waals surface area contributed by atoms with E-state index in [1.54, 1.807) is 0 Å². The third-order valence-electron chi connectivity index (χ3n) is 11.2. The predicted octanol–water partition coefficient (Wildman–Crippen LogP) is 5.92. The highest BCUT2D eigenvalue weighted by atomic mass is 16.7. The molecule has 3 nitrogen and oxygen atoms in total. The van der Waals surface area contributed by atoms with Crippen LogP contribution in [0.5, 0.6) is 0 Å². The maximum Gasteiger partial charge on any atom is 0.171 e. The van der Waals surface area contributed by atoms with E-state index in [2.05, 4.69) is 27.7 Å². The van der Waals surface area contributed by atoms with Gasteiger partial charge in [0, 0.05) is 18.8 Å². The molecule has 0 radical (unpaired) electrons. The van der Waals surface area contributed by atoms with E-state index >= 15 is 0 Å². The summed E-state index contributed by atoms with van der Waals surface area (Å²) in [5, 5.41) is 0. The highest BCUT2D eigenvalue weighted by Gasteiger charge is 2.68. The van der Waals surface area contributed by atoms with Gasteiger partial charge in [0.15, 0.2) is 11.6 Å². The van der Waals surface area contributed by atoms with Crippen molar-refractivity contribution in [3.8, 4) is 0 Å². The first-order valence-electron chi connectivity index (χ1n) is 12.8. The van der Waals surface area contributed by atoms with Crippen molar-refractivity contribution in [2.45, 2.75) is 97.4 Å². The molecule has 2 saturated heterocycles. The molecule has 10 atom stereocenters. The lowest BCUT2D eigenvalue weighted by molar-refractivity contribution is -0.272. The van der Waals surface area contributed by atoms with Gasteiger partial charge < -0.3 is 9.47 Å². The number of ether oxygens (including phenoxy) is 2. The SMILES string of the molecule is C[C@@H]1CC[C@@]2(OC1)O[C@H]1C[C@H]3[C@@H]4CCC5=CC(=O)CC[C@]5(C)[C@H]4CC[C@]3(C)[C@H]1[C@@H]2C. The van der Waals surface area contributed by atoms with Crippen LogP contribution in [-0.2, 0) is 14.3 Å². The zero-order chi connectivity index (χ0) is 20.9. The summed E-state index contributed by atoms with van der Waals surface area (Å²) in [5.41, 5.74) is 2.14. The van der Waals surface area contributed by atoms with E-state index in [1.807, 2.05) is 6.08 Å². The number of carbonyl (C=O) groups is 1. The molecule has 0 aromatic carbocycles. The van der Waals surface area contributed by atoms with Crippen LogP contribution in [0.3, 0.4) is 0 Å². The van der Waals surface area contributed by atoms with Crippen LogP contribution in [0.15, 0.2) is 11.6 Å². The molecule has 5 fully saturated rings. The minimum atomic E-state index is -0.301. The Morgan fingerprint density at radius 3 is 2.60 bits per heavy atom. The largest absolute Gasteiger partial charge is 0.349 e. The van der Waals surface area contributed by atoms with Crippen molar-refractivity contribution in [3.63, 3.8) is 0 Å². The lowest BCUT2D eigenvalue weighted by Crippen LogP contribution is -2.52. The fraction of sp³-hybridized carbons (Fsp3) is 0.889. The molecule has 0 amide bonds. The van der Waals surface area contributed by atoms with Crippen molar-refractivity contribution >= 4 is 5.78 Å². The third-order valence-corrected chi connectivity index (χ3v) is 11.2. The van der Waals surface area contributed by atoms with Crippen LogP contribution in [0.2, 0.25) is 0 Å². The minimum Gasteiger partial charge on any atom is -0.349 e. The Labute approximate surface area is 182 Å². The van der Waals surface area contributed by atoms with Gasteiger partial charge in [0.2, 0.25) is 0 Å². The summed E-state index contributed by atoms with van der Waals surface area (Å²) in [6, 6.07) is 0. The van der Waals surface area contributed by atoms with Crippen molar-refractivity contribution < 1.29 is 14.3 Å². The normalized spacial score (nSPS) is 57.4. The Kier molecular flexibility index (Phi) is 4.29. The second-order valence-corrected chi connectivity index (χ2v) is 12.5. The molecular weight excluding hydrogens is 372 g/mol. The van der Waals surface area contributed by atoms with Crippen molar-refractivity contribution in [3.05, 3.63) is 11.6 Å². The second-order valence-electron chi connectivity index (χ2n) is 12.5. The van der Waals surface area contributed by atoms with Crippen molar-refractivity contribution in [1.82, 2.24) is 0 Å². The van der Waals surface area contributed by atoms with Crippen LogP contribution in [-0.4, -0.2) is 24.3 Å². The first kappa shape index (κ1) is 20.0. The Morgan fingerprint density at radius 1 is 1.00 bits per heavy atom. The average molecular weight is 413 g/mol. The minimum absolute atomic E-state index is 0.270. The Bertz CT molecular complexity index is 777. The van der Waals surface area contributed by atoms with Crippen molar-refractivity contribution in [2.75, 3.05) is 6.61 Å². The smallest absolute Gasteiger partial charge is 0.171 e. The number of hydrogen-bond donors (Lipinski definition) is 0. The molecule has 0 aromatic heterocycles. The lowest BCUT2D eigenvalue weighted by Gasteiger charge is -2.58. The topological polar surface area (TPSA) is 35.5 Å². The molecule has 0 unspecified atom stereocenters. The number of fused-ring (bicyclic) bond motifs is 7. The first-order chi connectivity index (χ1) is 14.3. The molecule has 3 saturated carbocycles. The van der Waals surface area contributed by atoms with E-state index in [1.165, 1.54) is 37.7 Å². The fourth-order valence-corrected chi connectivity index (χ4v) is 9.58. The third kappa shape index (κ3) is 2.48. The van der Waals surface area contributed by atoms with Gasteiger partial charge in [-0.2, -0.15) is 0 Å². The molecule has 6 rings (SSSR count). The summed E-state index contributed by atoms with van der Waals surface area (Å²) < 4.78 is 13.3. The van der Waals surface area contributed by atoms with Crippen LogP contribution >= 0.6 is 0 Å². The monoisotopic (exact) mass is 412 g/mol. The van der Waals surface area contributed by atoms with Crippen LogP contribution in [0.1, 0.15) is 85.5 Å². The van der Waals surface area contributed by atoms with Gasteiger partial charge in [0.25, 0.3) is 0 Å². The molecule has 2 aliphatic heterocycles. The Balaban J connectivity index is 1.28. The van der Waals surface area contributed by atoms with Gasteiger partial charge in [0.05, 0.1) is 12.7 Å². The van der Waals surface area contributed by atoms with Crippen molar-refractivity contribution in [1.29, 1.82) is 0 Å². The van der Waals surface area contributed by atoms with Crippen LogP contribution in [0.4, 0.5) is 0 Å². The van der Waals surface area contributed by atoms with E-state index in [9.17, 15) is 4.79 Å². The summed E-state index contributed by atoms with van der Waals surface area (Å²) in [5.74, 6) is 4.24. The van der Waals surface area contributed by atoms with Crippen LogP contribution in [0, 0.1) is 46.3 Å². The average Bonchev–Trinajstić information content (AvgIpc) is 3.16. The Hall–Kier alpha value is -0.670. The molecule has 30 heavy (non-hydrogen) atoms. The first-order valence-corrected chi connectivity index (χ1v) is 12.8. The molecule has 0 bridgehead atoms. The van der Waals surface area contributed by atoms with E-state index in [0.29, 0.717) is 35.1 Å². The predicted molar refractivity (Wildman–Crippen MR) is 117 cm³/mol. The summed E-state index contributed by atoms with van der Waals surface area (Å²) in [6.45, 7) is 10.7. The summed E-state index contributed by atoms with van der Waals surface area (Å²) >= 11 is 0. The van der Waals surface area contributed by atoms with Crippen LogP contribution in [0.25, 0.3) is 0 Å². The number of allylic oxidation sites excluding steroid dienone is 1. The fourth-order valence-electron chi connectivity index (χ4n) is 9.58. The summed E-state index contributed by atoms with van der Waals surface area (Å²) in [6.07, 6.45) is 12.9. The van der Waals surface area contributed by atoms with Crippen molar-refractivity contribution in [2.24, 2.45) is 46.3 Å². The van der Waals surface area contributed by atoms with Crippen LogP contribution < -0.4 is 0 Å². The van der Waals surface area contributed by atoms with Gasteiger partial charge in [-0.15, -0.1) is 0 Å². The molecule has 3 heteroatoms. The maximum atomic E-state index is 12.1. The maximum absolute atomic E-state index is 12.1. The highest BCUT2D eigenvalue weighted by Crippen LogP contribution is 2.70. The molecule has 166 valence electrons. The molecule has 2 heterocycles. The van der Waals surface area contributed by atoms with Gasteiger partial charge in [-0.1, -0.05) is 33.3 Å². The zero-order valence-electron chi connectivity index (χ0n) is 19.4. The molecule has 1 spiro atoms. The van der Waals surface area contributed by atoms with E-state index < -0.39 is 0 Å². The molecule has 4 aliphatic carbocycles. The van der Waals surface area contributed by atoms with Gasteiger partial charge >= 0.3 is 0 Å². The van der Waals surface area contributed by atoms with Gasteiger partial charge in [-0.3, -0.25) is 4.79 Å². The second kappa shape index (κ2) is 6.44. The summed E-state index contributed by atoms with van der Waals surface area (Å²) in [4.78, 5) is 12.1. The quantitative estimate of drug-likeness (QED) is 0.495. The molecule has 6 aliphatic rings.